The molecule has 8 heteroatoms. The molecule has 0 aliphatic rings. The van der Waals surface area contributed by atoms with E-state index in [1.807, 2.05) is 54.6 Å². The van der Waals surface area contributed by atoms with Gasteiger partial charge in [-0.3, -0.25) is 19.4 Å². The van der Waals surface area contributed by atoms with Crippen molar-refractivity contribution in [3.05, 3.63) is 96.7 Å². The Kier molecular flexibility index (Phi) is 9.36. The fraction of sp³-hybridized carbons (Fsp3) is 0.222. The van der Waals surface area contributed by atoms with Gasteiger partial charge >= 0.3 is 0 Å². The van der Waals surface area contributed by atoms with E-state index in [1.54, 1.807) is 25.3 Å². The highest BCUT2D eigenvalue weighted by Crippen LogP contribution is 2.16. The highest BCUT2D eigenvalue weighted by molar-refractivity contribution is 5.98. The Morgan fingerprint density at radius 1 is 1.00 bits per heavy atom. The number of hydrogen-bond acceptors (Lipinski definition) is 5. The van der Waals surface area contributed by atoms with Gasteiger partial charge in [-0.1, -0.05) is 49.4 Å². The molecule has 8 nitrogen and oxygen atoms in total. The standard InChI is InChI=1S/C27H29N4O4/c1-19(26(28)33)9-14-25(32)31-24(27(34)30-22-8-5-15-29-17-22)16-20-10-12-23(13-11-20)35-18-21-6-3-2-4-7-21/h2-8,10-15,17,19,24H,9,16,18H2,1H3,(H2,28,33)(H,30,34)(H,31,32). The fourth-order valence-electron chi connectivity index (χ4n) is 3.20. The molecule has 4 N–H and O–H groups in total. The van der Waals surface area contributed by atoms with Gasteiger partial charge in [0.05, 0.1) is 18.3 Å². The molecule has 0 aliphatic carbocycles. The monoisotopic (exact) mass is 473 g/mol. The van der Waals surface area contributed by atoms with Gasteiger partial charge in [0.2, 0.25) is 17.7 Å². The van der Waals surface area contributed by atoms with E-state index in [-0.39, 0.29) is 18.7 Å². The molecule has 3 aromatic rings. The maximum absolute atomic E-state index is 13.0. The van der Waals surface area contributed by atoms with Crippen LogP contribution in [0.4, 0.5) is 5.69 Å². The summed E-state index contributed by atoms with van der Waals surface area (Å²) >= 11 is 0. The number of pyridine rings is 1. The molecule has 0 bridgehead atoms. The Balaban J connectivity index is 1.63. The van der Waals surface area contributed by atoms with Gasteiger partial charge in [0, 0.05) is 18.5 Å². The molecule has 0 saturated carbocycles. The van der Waals surface area contributed by atoms with E-state index in [1.165, 1.54) is 12.6 Å². The highest BCUT2D eigenvalue weighted by atomic mass is 16.5. The molecule has 2 unspecified atom stereocenters. The lowest BCUT2D eigenvalue weighted by Gasteiger charge is -2.19. The molecule has 1 aromatic heterocycles. The number of nitrogens with zero attached hydrogens (tertiary/aromatic N) is 1. The lowest BCUT2D eigenvalue weighted by Crippen LogP contribution is -2.45. The summed E-state index contributed by atoms with van der Waals surface area (Å²) in [5.74, 6) is -1.10. The zero-order valence-electron chi connectivity index (χ0n) is 19.5. The quantitative estimate of drug-likeness (QED) is 0.373. The largest absolute Gasteiger partial charge is 0.489 e. The SMILES string of the molecule is CC(C[CH]C(=O)NC(Cc1ccc(OCc2ccccc2)cc1)C(=O)Nc1cccnc1)C(N)=O. The maximum atomic E-state index is 13.0. The molecule has 2 atom stereocenters. The van der Waals surface area contributed by atoms with Gasteiger partial charge in [-0.25, -0.2) is 0 Å². The van der Waals surface area contributed by atoms with Crippen molar-refractivity contribution in [3.63, 3.8) is 0 Å². The van der Waals surface area contributed by atoms with Crippen LogP contribution in [0.3, 0.4) is 0 Å². The number of anilines is 1. The molecule has 0 aliphatic heterocycles. The third kappa shape index (κ3) is 8.58. The summed E-state index contributed by atoms with van der Waals surface area (Å²) in [6, 6.07) is 19.8. The Morgan fingerprint density at radius 3 is 2.40 bits per heavy atom. The lowest BCUT2D eigenvalue weighted by atomic mass is 10.0. The van der Waals surface area contributed by atoms with Crippen LogP contribution >= 0.6 is 0 Å². The summed E-state index contributed by atoms with van der Waals surface area (Å²) < 4.78 is 5.82. The molecular weight excluding hydrogens is 444 g/mol. The lowest BCUT2D eigenvalue weighted by molar-refractivity contribution is -0.125. The molecule has 1 heterocycles. The van der Waals surface area contributed by atoms with Gasteiger partial charge in [0.25, 0.3) is 0 Å². The number of ether oxygens (including phenoxy) is 1. The van der Waals surface area contributed by atoms with E-state index in [0.717, 1.165) is 11.1 Å². The third-order valence-corrected chi connectivity index (χ3v) is 5.32. The summed E-state index contributed by atoms with van der Waals surface area (Å²) in [5, 5.41) is 5.50. The van der Waals surface area contributed by atoms with Crippen molar-refractivity contribution in [2.45, 2.75) is 32.4 Å². The Morgan fingerprint density at radius 2 is 1.74 bits per heavy atom. The van der Waals surface area contributed by atoms with E-state index in [4.69, 9.17) is 10.5 Å². The molecule has 181 valence electrons. The van der Waals surface area contributed by atoms with Crippen LogP contribution < -0.4 is 21.1 Å². The fourth-order valence-corrected chi connectivity index (χ4v) is 3.20. The Labute approximate surface area is 204 Å². The smallest absolute Gasteiger partial charge is 0.247 e. The second-order valence-corrected chi connectivity index (χ2v) is 8.16. The first-order valence-electron chi connectivity index (χ1n) is 11.3. The van der Waals surface area contributed by atoms with Gasteiger partial charge in [-0.2, -0.15) is 0 Å². The number of hydrogen-bond donors (Lipinski definition) is 3. The van der Waals surface area contributed by atoms with E-state index in [2.05, 4.69) is 15.6 Å². The third-order valence-electron chi connectivity index (χ3n) is 5.32. The first-order chi connectivity index (χ1) is 16.9. The van der Waals surface area contributed by atoms with E-state index < -0.39 is 23.8 Å². The molecule has 1 radical (unpaired) electrons. The van der Waals surface area contributed by atoms with Gasteiger partial charge < -0.3 is 21.1 Å². The van der Waals surface area contributed by atoms with Crippen molar-refractivity contribution in [3.8, 4) is 5.75 Å². The van der Waals surface area contributed by atoms with Gasteiger partial charge in [0.1, 0.15) is 18.4 Å². The molecule has 3 amide bonds. The van der Waals surface area contributed by atoms with Crippen LogP contribution in [0.1, 0.15) is 24.5 Å². The minimum atomic E-state index is -0.848. The Hall–Kier alpha value is -4.20. The molecule has 2 aromatic carbocycles. The van der Waals surface area contributed by atoms with Crippen molar-refractivity contribution in [1.82, 2.24) is 10.3 Å². The molecule has 0 saturated heterocycles. The van der Waals surface area contributed by atoms with Crippen LogP contribution in [0.5, 0.6) is 5.75 Å². The first kappa shape index (κ1) is 25.4. The summed E-state index contributed by atoms with van der Waals surface area (Å²) in [6.07, 6.45) is 4.91. The number of carbonyl (C=O) groups is 3. The average Bonchev–Trinajstić information content (AvgIpc) is 2.87. The molecule has 0 spiro atoms. The minimum Gasteiger partial charge on any atom is -0.489 e. The van der Waals surface area contributed by atoms with Gasteiger partial charge in [-0.15, -0.1) is 0 Å². The van der Waals surface area contributed by atoms with Crippen LogP contribution in [0.15, 0.2) is 79.1 Å². The van der Waals surface area contributed by atoms with E-state index >= 15 is 0 Å². The summed E-state index contributed by atoms with van der Waals surface area (Å²) in [5.41, 5.74) is 7.68. The predicted octanol–water partition coefficient (Wildman–Crippen LogP) is 3.04. The number of nitrogens with one attached hydrogen (secondary N) is 2. The van der Waals surface area contributed by atoms with Crippen LogP contribution in [0.25, 0.3) is 0 Å². The van der Waals surface area contributed by atoms with Crippen molar-refractivity contribution in [2.24, 2.45) is 11.7 Å². The minimum absolute atomic E-state index is 0.186. The summed E-state index contributed by atoms with van der Waals surface area (Å²) in [4.78, 5) is 40.7. The second kappa shape index (κ2) is 12.9. The maximum Gasteiger partial charge on any atom is 0.247 e. The number of rotatable bonds is 12. The van der Waals surface area contributed by atoms with Crippen LogP contribution in [0.2, 0.25) is 0 Å². The molecule has 35 heavy (non-hydrogen) atoms. The molecule has 3 rings (SSSR count). The van der Waals surface area contributed by atoms with Crippen molar-refractivity contribution in [2.75, 3.05) is 5.32 Å². The van der Waals surface area contributed by atoms with Crippen LogP contribution in [0, 0.1) is 12.3 Å². The normalized spacial score (nSPS) is 12.3. The summed E-state index contributed by atoms with van der Waals surface area (Å²) in [6.45, 7) is 2.09. The number of nitrogens with two attached hydrogens (primary N) is 1. The molecular formula is C27H29N4O4. The van der Waals surface area contributed by atoms with Crippen molar-refractivity contribution < 1.29 is 19.1 Å². The number of carbonyl (C=O) groups excluding carboxylic acids is 3. The Bertz CT molecular complexity index is 1110. The van der Waals surface area contributed by atoms with Gasteiger partial charge in [0.15, 0.2) is 0 Å². The van der Waals surface area contributed by atoms with Crippen molar-refractivity contribution in [1.29, 1.82) is 0 Å². The second-order valence-electron chi connectivity index (χ2n) is 8.16. The van der Waals surface area contributed by atoms with E-state index in [0.29, 0.717) is 18.0 Å². The van der Waals surface area contributed by atoms with Gasteiger partial charge in [-0.05, 0) is 41.8 Å². The zero-order valence-corrected chi connectivity index (χ0v) is 19.5. The number of primary amides is 1. The zero-order chi connectivity index (χ0) is 25.0. The first-order valence-corrected chi connectivity index (χ1v) is 11.3. The van der Waals surface area contributed by atoms with Crippen LogP contribution in [-0.2, 0) is 27.4 Å². The predicted molar refractivity (Wildman–Crippen MR) is 133 cm³/mol. The molecule has 0 fully saturated rings. The number of benzene rings is 2. The summed E-state index contributed by atoms with van der Waals surface area (Å²) in [7, 11) is 0. The number of amides is 3. The topological polar surface area (TPSA) is 123 Å². The average molecular weight is 474 g/mol. The van der Waals surface area contributed by atoms with Crippen LogP contribution in [-0.4, -0.2) is 28.7 Å². The number of aromatic nitrogens is 1. The van der Waals surface area contributed by atoms with E-state index in [9.17, 15) is 14.4 Å². The highest BCUT2D eigenvalue weighted by Gasteiger charge is 2.22. The van der Waals surface area contributed by atoms with Crippen molar-refractivity contribution >= 4 is 23.4 Å².